The molecule has 1 aliphatic heterocycles. The van der Waals surface area contributed by atoms with Gasteiger partial charge >= 0.3 is 6.09 Å². The van der Waals surface area contributed by atoms with E-state index < -0.39 is 11.8 Å². The van der Waals surface area contributed by atoms with Crippen molar-refractivity contribution in [2.75, 3.05) is 13.1 Å². The summed E-state index contributed by atoms with van der Waals surface area (Å²) in [5.41, 5.74) is -1.32. The minimum absolute atomic E-state index is 0.0162. The molecule has 0 spiro atoms. The Morgan fingerprint density at radius 1 is 1.73 bits per heavy atom. The first-order chi connectivity index (χ1) is 5.01. The third kappa shape index (κ3) is 2.06. The fourth-order valence-corrected chi connectivity index (χ4v) is 1.36. The highest BCUT2D eigenvalue weighted by molar-refractivity contribution is 5.65. The largest absolute Gasteiger partial charge is 0.465 e. The molecule has 1 atom stereocenters. The van der Waals surface area contributed by atoms with Gasteiger partial charge in [0.15, 0.2) is 0 Å². The summed E-state index contributed by atoms with van der Waals surface area (Å²) in [6.07, 6.45) is 0.0735. The molecule has 1 saturated heterocycles. The Hall–Kier alpha value is -0.800. The van der Waals surface area contributed by atoms with E-state index >= 15 is 0 Å². The van der Waals surface area contributed by atoms with Crippen molar-refractivity contribution in [2.45, 2.75) is 25.4 Å². The van der Waals surface area contributed by atoms with E-state index in [4.69, 9.17) is 5.11 Å². The first-order valence-corrected chi connectivity index (χ1v) is 3.68. The van der Waals surface area contributed by atoms with Crippen molar-refractivity contribution >= 4 is 6.09 Å². The van der Waals surface area contributed by atoms with Crippen molar-refractivity contribution < 1.29 is 14.3 Å². The standard InChI is InChI=1S/C7H12FNO2/c1-7(8)3-2-4-9(5-7)6(10)11/h2-5H2,1H3,(H,10,11). The maximum absolute atomic E-state index is 13.2. The van der Waals surface area contributed by atoms with Crippen LogP contribution in [0.3, 0.4) is 0 Å². The van der Waals surface area contributed by atoms with E-state index in [1.165, 1.54) is 6.92 Å². The number of rotatable bonds is 0. The molecule has 64 valence electrons. The molecule has 1 unspecified atom stereocenters. The normalized spacial score (nSPS) is 32.0. The molecule has 4 heteroatoms. The summed E-state index contributed by atoms with van der Waals surface area (Å²) in [6.45, 7) is 1.93. The van der Waals surface area contributed by atoms with Crippen LogP contribution < -0.4 is 0 Å². The number of carboxylic acid groups (broad SMARTS) is 1. The van der Waals surface area contributed by atoms with Crippen LogP contribution in [0.2, 0.25) is 0 Å². The fourth-order valence-electron chi connectivity index (χ4n) is 1.36. The molecular formula is C7H12FNO2. The molecule has 0 aliphatic carbocycles. The topological polar surface area (TPSA) is 40.5 Å². The Kier molecular flexibility index (Phi) is 2.02. The Bertz CT molecular complexity index is 170. The molecule has 0 aromatic rings. The lowest BCUT2D eigenvalue weighted by Gasteiger charge is -2.33. The summed E-state index contributed by atoms with van der Waals surface area (Å²) in [5.74, 6) is 0. The van der Waals surface area contributed by atoms with Gasteiger partial charge in [-0.05, 0) is 19.8 Å². The van der Waals surface area contributed by atoms with Crippen LogP contribution in [0.25, 0.3) is 0 Å². The van der Waals surface area contributed by atoms with E-state index in [1.54, 1.807) is 0 Å². The lowest BCUT2D eigenvalue weighted by Crippen LogP contribution is -2.45. The molecule has 0 radical (unpaired) electrons. The van der Waals surface area contributed by atoms with E-state index in [0.717, 1.165) is 4.90 Å². The minimum atomic E-state index is -1.32. The molecule has 1 aliphatic rings. The monoisotopic (exact) mass is 161 g/mol. The van der Waals surface area contributed by atoms with Gasteiger partial charge < -0.3 is 10.0 Å². The van der Waals surface area contributed by atoms with Crippen molar-refractivity contribution in [1.82, 2.24) is 4.90 Å². The van der Waals surface area contributed by atoms with Gasteiger partial charge in [0.05, 0.1) is 6.54 Å². The highest BCUT2D eigenvalue weighted by atomic mass is 19.1. The van der Waals surface area contributed by atoms with Gasteiger partial charge in [0, 0.05) is 6.54 Å². The van der Waals surface area contributed by atoms with Crippen LogP contribution >= 0.6 is 0 Å². The molecule has 0 saturated carbocycles. The third-order valence-electron chi connectivity index (χ3n) is 1.92. The van der Waals surface area contributed by atoms with Gasteiger partial charge in [-0.25, -0.2) is 9.18 Å². The number of amides is 1. The Morgan fingerprint density at radius 2 is 2.36 bits per heavy atom. The van der Waals surface area contributed by atoms with Crippen molar-refractivity contribution in [2.24, 2.45) is 0 Å². The highest BCUT2D eigenvalue weighted by Gasteiger charge is 2.32. The van der Waals surface area contributed by atoms with Crippen LogP contribution in [0.15, 0.2) is 0 Å². The van der Waals surface area contributed by atoms with E-state index in [-0.39, 0.29) is 6.54 Å². The molecule has 1 fully saturated rings. The predicted octanol–water partition coefficient (Wildman–Crippen LogP) is 1.49. The second kappa shape index (κ2) is 2.68. The van der Waals surface area contributed by atoms with Crippen LogP contribution in [0.5, 0.6) is 0 Å². The van der Waals surface area contributed by atoms with Gasteiger partial charge in [-0.3, -0.25) is 0 Å². The molecule has 0 aromatic carbocycles. The molecule has 0 aromatic heterocycles. The van der Waals surface area contributed by atoms with E-state index in [2.05, 4.69) is 0 Å². The summed E-state index contributed by atoms with van der Waals surface area (Å²) in [4.78, 5) is 11.5. The SMILES string of the molecule is CC1(F)CCCN(C(=O)O)C1. The number of halogens is 1. The van der Waals surface area contributed by atoms with Gasteiger partial charge in [0.25, 0.3) is 0 Å². The molecule has 1 rings (SSSR count). The number of likely N-dealkylation sites (tertiary alicyclic amines) is 1. The van der Waals surface area contributed by atoms with Gasteiger partial charge in [0.1, 0.15) is 5.67 Å². The van der Waals surface area contributed by atoms with Gasteiger partial charge in [-0.2, -0.15) is 0 Å². The maximum Gasteiger partial charge on any atom is 0.407 e. The molecule has 1 N–H and O–H groups in total. The lowest BCUT2D eigenvalue weighted by molar-refractivity contribution is 0.0576. The van der Waals surface area contributed by atoms with Gasteiger partial charge in [0.2, 0.25) is 0 Å². The average Bonchev–Trinajstić information content (AvgIpc) is 1.85. The van der Waals surface area contributed by atoms with Crippen molar-refractivity contribution in [3.05, 3.63) is 0 Å². The van der Waals surface area contributed by atoms with E-state index in [1.807, 2.05) is 0 Å². The zero-order chi connectivity index (χ0) is 8.48. The molecule has 1 amide bonds. The molecular weight excluding hydrogens is 149 g/mol. The zero-order valence-corrected chi connectivity index (χ0v) is 6.51. The lowest BCUT2D eigenvalue weighted by atomic mass is 9.97. The minimum Gasteiger partial charge on any atom is -0.465 e. The Balaban J connectivity index is 2.53. The first kappa shape index (κ1) is 8.30. The smallest absolute Gasteiger partial charge is 0.407 e. The molecule has 1 heterocycles. The van der Waals surface area contributed by atoms with E-state index in [0.29, 0.717) is 19.4 Å². The number of piperidine rings is 1. The molecule has 11 heavy (non-hydrogen) atoms. The summed E-state index contributed by atoms with van der Waals surface area (Å²) in [7, 11) is 0. The maximum atomic E-state index is 13.2. The van der Waals surface area contributed by atoms with E-state index in [9.17, 15) is 9.18 Å². The average molecular weight is 161 g/mol. The first-order valence-electron chi connectivity index (χ1n) is 3.68. The number of nitrogens with zero attached hydrogens (tertiary/aromatic N) is 1. The summed E-state index contributed by atoms with van der Waals surface area (Å²) < 4.78 is 13.2. The van der Waals surface area contributed by atoms with Gasteiger partial charge in [-0.15, -0.1) is 0 Å². The molecule has 3 nitrogen and oxygen atoms in total. The highest BCUT2D eigenvalue weighted by Crippen LogP contribution is 2.24. The Morgan fingerprint density at radius 3 is 2.73 bits per heavy atom. The second-order valence-corrected chi connectivity index (χ2v) is 3.22. The third-order valence-corrected chi connectivity index (χ3v) is 1.92. The zero-order valence-electron chi connectivity index (χ0n) is 6.51. The summed E-state index contributed by atoms with van der Waals surface area (Å²) in [5, 5.41) is 8.53. The fraction of sp³-hybridized carbons (Fsp3) is 0.857. The predicted molar refractivity (Wildman–Crippen MR) is 38.3 cm³/mol. The van der Waals surface area contributed by atoms with Crippen LogP contribution in [0.4, 0.5) is 9.18 Å². The number of alkyl halides is 1. The Labute approximate surface area is 64.8 Å². The van der Waals surface area contributed by atoms with Crippen LogP contribution in [-0.4, -0.2) is 34.9 Å². The van der Waals surface area contributed by atoms with Crippen LogP contribution in [0, 0.1) is 0 Å². The van der Waals surface area contributed by atoms with Crippen molar-refractivity contribution in [3.8, 4) is 0 Å². The summed E-state index contributed by atoms with van der Waals surface area (Å²) >= 11 is 0. The summed E-state index contributed by atoms with van der Waals surface area (Å²) in [6, 6.07) is 0. The number of hydrogen-bond donors (Lipinski definition) is 1. The van der Waals surface area contributed by atoms with Crippen molar-refractivity contribution in [1.29, 1.82) is 0 Å². The number of hydrogen-bond acceptors (Lipinski definition) is 1. The van der Waals surface area contributed by atoms with Crippen molar-refractivity contribution in [3.63, 3.8) is 0 Å². The number of carbonyl (C=O) groups is 1. The quantitative estimate of drug-likeness (QED) is 0.584. The van der Waals surface area contributed by atoms with Gasteiger partial charge in [-0.1, -0.05) is 0 Å². The molecule has 0 bridgehead atoms. The van der Waals surface area contributed by atoms with Crippen LogP contribution in [0.1, 0.15) is 19.8 Å². The van der Waals surface area contributed by atoms with Crippen LogP contribution in [-0.2, 0) is 0 Å². The second-order valence-electron chi connectivity index (χ2n) is 3.22.